The van der Waals surface area contributed by atoms with Gasteiger partial charge in [0.15, 0.2) is 0 Å². The molecule has 41 heavy (non-hydrogen) atoms. The summed E-state index contributed by atoms with van der Waals surface area (Å²) in [6, 6.07) is 14.0. The highest BCUT2D eigenvalue weighted by Crippen LogP contribution is 2.54. The van der Waals surface area contributed by atoms with E-state index in [1.54, 1.807) is 12.0 Å². The number of anilines is 1. The molecule has 2 aliphatic heterocycles. The van der Waals surface area contributed by atoms with E-state index < -0.39 is 11.6 Å². The third-order valence-corrected chi connectivity index (χ3v) is 8.18. The molecule has 3 heterocycles. The standard InChI is InChI=1S/C29H31N3O4.C2H3F3/c1-35-26-6-4-5-25-27(26)29(28(34)32(25)18-21(19-33)31-15-2-3-16-31)12-9-22(10-13-29)36-23-7-8-24-20(17-23)11-14-30-24;1-2(3,4)5/h4-8,11,14,17,22,30H,2-3,9-10,12-13,15-16,18H2,1H3;1H3. The number of H-pyrrole nitrogens is 1. The molecule has 6 rings (SSSR count). The first-order chi connectivity index (χ1) is 19.6. The summed E-state index contributed by atoms with van der Waals surface area (Å²) in [6.45, 7) is 2.13. The lowest BCUT2D eigenvalue weighted by molar-refractivity contribution is -0.125. The van der Waals surface area contributed by atoms with Gasteiger partial charge in [-0.3, -0.25) is 4.79 Å². The Morgan fingerprint density at radius 2 is 1.83 bits per heavy atom. The van der Waals surface area contributed by atoms with Crippen LogP contribution in [0.4, 0.5) is 18.9 Å². The highest BCUT2D eigenvalue weighted by Gasteiger charge is 2.54. The lowest BCUT2D eigenvalue weighted by Crippen LogP contribution is -2.46. The highest BCUT2D eigenvalue weighted by molar-refractivity contribution is 6.09. The molecule has 1 amide bonds. The minimum Gasteiger partial charge on any atom is -0.496 e. The number of methoxy groups -OCH3 is 1. The summed E-state index contributed by atoms with van der Waals surface area (Å²) >= 11 is 0. The maximum atomic E-state index is 14.1. The van der Waals surface area contributed by atoms with E-state index in [0.29, 0.717) is 18.5 Å². The Morgan fingerprint density at radius 1 is 1.12 bits per heavy atom. The molecule has 2 aromatic carbocycles. The van der Waals surface area contributed by atoms with Crippen molar-refractivity contribution in [2.45, 2.75) is 63.1 Å². The number of carbonyl (C=O) groups excluding carboxylic acids is 2. The van der Waals surface area contributed by atoms with Gasteiger partial charge in [-0.2, -0.15) is 13.2 Å². The van der Waals surface area contributed by atoms with E-state index in [1.165, 1.54) is 0 Å². The van der Waals surface area contributed by atoms with Gasteiger partial charge in [0.2, 0.25) is 5.91 Å². The summed E-state index contributed by atoms with van der Waals surface area (Å²) in [5.74, 6) is 3.78. The van der Waals surface area contributed by atoms with Gasteiger partial charge in [0.25, 0.3) is 0 Å². The second-order valence-electron chi connectivity index (χ2n) is 10.9. The van der Waals surface area contributed by atoms with Crippen LogP contribution >= 0.6 is 0 Å². The van der Waals surface area contributed by atoms with Gasteiger partial charge in [0, 0.05) is 42.7 Å². The fourth-order valence-electron chi connectivity index (χ4n) is 6.32. The molecule has 218 valence electrons. The van der Waals surface area contributed by atoms with Crippen molar-refractivity contribution in [3.05, 3.63) is 59.9 Å². The zero-order valence-corrected chi connectivity index (χ0v) is 23.2. The van der Waals surface area contributed by atoms with Crippen molar-refractivity contribution in [1.82, 2.24) is 9.88 Å². The van der Waals surface area contributed by atoms with E-state index in [4.69, 9.17) is 9.47 Å². The van der Waals surface area contributed by atoms with Crippen LogP contribution in [0.5, 0.6) is 11.5 Å². The first-order valence-corrected chi connectivity index (χ1v) is 13.9. The number of benzene rings is 2. The maximum Gasteiger partial charge on any atom is 0.386 e. The molecule has 0 radical (unpaired) electrons. The highest BCUT2D eigenvalue weighted by atomic mass is 19.4. The van der Waals surface area contributed by atoms with Gasteiger partial charge < -0.3 is 24.3 Å². The molecular weight excluding hydrogens is 535 g/mol. The SMILES string of the molecule is CC(F)(F)F.COc1cccc2c1C1(CCC(Oc3ccc4[nH]ccc4c3)CC1)C(=O)N2CC(=C=O)N1CCCC1. The summed E-state index contributed by atoms with van der Waals surface area (Å²) in [7, 11) is 1.66. The van der Waals surface area contributed by atoms with Crippen LogP contribution in [0.2, 0.25) is 0 Å². The Hall–Kier alpha value is -3.91. The number of alkyl halides is 3. The van der Waals surface area contributed by atoms with Crippen LogP contribution in [0.3, 0.4) is 0 Å². The van der Waals surface area contributed by atoms with Crippen LogP contribution < -0.4 is 14.4 Å². The number of hydrogen-bond donors (Lipinski definition) is 1. The van der Waals surface area contributed by atoms with E-state index in [9.17, 15) is 22.8 Å². The summed E-state index contributed by atoms with van der Waals surface area (Å²) < 4.78 is 43.2. The van der Waals surface area contributed by atoms with Gasteiger partial charge in [0.1, 0.15) is 23.1 Å². The lowest BCUT2D eigenvalue weighted by atomic mass is 9.69. The Labute approximate surface area is 236 Å². The van der Waals surface area contributed by atoms with E-state index in [1.807, 2.05) is 42.6 Å². The van der Waals surface area contributed by atoms with E-state index in [0.717, 1.165) is 72.4 Å². The molecule has 3 aromatic rings. The minimum absolute atomic E-state index is 0.0436. The number of nitrogens with zero attached hydrogens (tertiary/aromatic N) is 2. The van der Waals surface area contributed by atoms with Crippen LogP contribution in [0.25, 0.3) is 10.9 Å². The average molecular weight is 570 g/mol. The van der Waals surface area contributed by atoms with Gasteiger partial charge in [-0.1, -0.05) is 6.07 Å². The molecule has 1 N–H and O–H groups in total. The fourth-order valence-corrected chi connectivity index (χ4v) is 6.32. The van der Waals surface area contributed by atoms with Crippen molar-refractivity contribution in [1.29, 1.82) is 0 Å². The lowest BCUT2D eigenvalue weighted by Gasteiger charge is -2.37. The molecular formula is C31H34F3N3O4. The van der Waals surface area contributed by atoms with Crippen molar-refractivity contribution >= 4 is 28.4 Å². The number of fused-ring (bicyclic) bond motifs is 3. The number of likely N-dealkylation sites (tertiary alicyclic amines) is 1. The zero-order valence-electron chi connectivity index (χ0n) is 23.2. The van der Waals surface area contributed by atoms with Crippen molar-refractivity contribution in [2.24, 2.45) is 0 Å². The summed E-state index contributed by atoms with van der Waals surface area (Å²) in [5.41, 5.74) is 2.79. The van der Waals surface area contributed by atoms with Crippen molar-refractivity contribution in [3.8, 4) is 11.5 Å². The molecule has 2 fully saturated rings. The molecule has 1 aromatic heterocycles. The molecule has 0 bridgehead atoms. The number of aromatic amines is 1. The zero-order chi connectivity index (χ0) is 29.2. The Morgan fingerprint density at radius 3 is 2.49 bits per heavy atom. The smallest absolute Gasteiger partial charge is 0.386 e. The summed E-state index contributed by atoms with van der Waals surface area (Å²) in [6.07, 6.45) is 2.98. The van der Waals surface area contributed by atoms with Crippen molar-refractivity contribution < 1.29 is 32.2 Å². The molecule has 10 heteroatoms. The number of rotatable bonds is 6. The van der Waals surface area contributed by atoms with Crippen LogP contribution in [0.1, 0.15) is 51.0 Å². The van der Waals surface area contributed by atoms with E-state index >= 15 is 0 Å². The first-order valence-electron chi connectivity index (χ1n) is 13.9. The minimum atomic E-state index is -4.00. The molecule has 0 unspecified atom stereocenters. The number of ether oxygens (including phenoxy) is 2. The monoisotopic (exact) mass is 569 g/mol. The van der Waals surface area contributed by atoms with Crippen LogP contribution in [0.15, 0.2) is 54.4 Å². The predicted molar refractivity (Wildman–Crippen MR) is 150 cm³/mol. The molecule has 1 aliphatic carbocycles. The van der Waals surface area contributed by atoms with Gasteiger partial charge in [0.05, 0.1) is 30.9 Å². The van der Waals surface area contributed by atoms with Gasteiger partial charge in [-0.05, 0) is 74.9 Å². The number of halogens is 3. The number of hydrogen-bond acceptors (Lipinski definition) is 5. The normalized spacial score (nSPS) is 21.9. The third-order valence-electron chi connectivity index (χ3n) is 8.18. The fraction of sp³-hybridized carbons (Fsp3) is 0.452. The Bertz CT molecular complexity index is 1440. The van der Waals surface area contributed by atoms with Crippen LogP contribution in [0, 0.1) is 0 Å². The predicted octanol–water partition coefficient (Wildman–Crippen LogP) is 6.16. The van der Waals surface area contributed by atoms with E-state index in [2.05, 4.69) is 21.9 Å². The molecule has 0 atom stereocenters. The third kappa shape index (κ3) is 5.93. The average Bonchev–Trinajstić information content (AvgIpc) is 3.69. The second kappa shape index (κ2) is 11.5. The second-order valence-corrected chi connectivity index (χ2v) is 10.9. The number of nitrogens with one attached hydrogen (secondary N) is 1. The summed E-state index contributed by atoms with van der Waals surface area (Å²) in [4.78, 5) is 33.1. The molecule has 1 saturated heterocycles. The largest absolute Gasteiger partial charge is 0.496 e. The Kier molecular flexibility index (Phi) is 8.04. The maximum absolute atomic E-state index is 14.1. The summed E-state index contributed by atoms with van der Waals surface area (Å²) in [5, 5.41) is 1.12. The number of aromatic nitrogens is 1. The number of amides is 1. The molecule has 7 nitrogen and oxygen atoms in total. The van der Waals surface area contributed by atoms with Gasteiger partial charge in [-0.15, -0.1) is 0 Å². The molecule has 1 spiro atoms. The van der Waals surface area contributed by atoms with E-state index in [-0.39, 0.29) is 25.5 Å². The quantitative estimate of drug-likeness (QED) is 0.360. The van der Waals surface area contributed by atoms with Crippen LogP contribution in [-0.2, 0) is 15.0 Å². The molecule has 3 aliphatic rings. The topological polar surface area (TPSA) is 74.9 Å². The van der Waals surface area contributed by atoms with Gasteiger partial charge in [-0.25, -0.2) is 4.79 Å². The Balaban J connectivity index is 0.000000623. The van der Waals surface area contributed by atoms with Crippen LogP contribution in [-0.4, -0.2) is 60.8 Å². The number of carbonyl (C=O) groups is 1. The van der Waals surface area contributed by atoms with Gasteiger partial charge >= 0.3 is 6.18 Å². The molecule has 1 saturated carbocycles. The van der Waals surface area contributed by atoms with Crippen molar-refractivity contribution in [3.63, 3.8) is 0 Å². The first kappa shape index (κ1) is 28.6. The van der Waals surface area contributed by atoms with Crippen molar-refractivity contribution in [2.75, 3.05) is 31.6 Å².